The quantitative estimate of drug-likeness (QED) is 0.573. The van der Waals surface area contributed by atoms with Crippen molar-refractivity contribution in [1.29, 1.82) is 0 Å². The Hall–Kier alpha value is -3.65. The molecule has 0 aliphatic rings. The number of aryl methyl sites for hydroxylation is 1. The van der Waals surface area contributed by atoms with Crippen LogP contribution in [-0.4, -0.2) is 25.4 Å². The van der Waals surface area contributed by atoms with Gasteiger partial charge in [-0.2, -0.15) is 0 Å². The molecule has 1 amide bonds. The topological polar surface area (TPSA) is 113 Å². The van der Waals surface area contributed by atoms with Crippen LogP contribution in [0.15, 0.2) is 77.7 Å². The van der Waals surface area contributed by atoms with Gasteiger partial charge in [0.05, 0.1) is 10.5 Å². The molecule has 3 rings (SSSR count). The van der Waals surface area contributed by atoms with E-state index in [9.17, 15) is 18.0 Å². The van der Waals surface area contributed by atoms with E-state index >= 15 is 0 Å². The molecule has 0 atom stereocenters. The lowest BCUT2D eigenvalue weighted by molar-refractivity contribution is 0.0696. The number of aromatic carboxylic acids is 1. The van der Waals surface area contributed by atoms with Crippen molar-refractivity contribution in [2.24, 2.45) is 0 Å². The van der Waals surface area contributed by atoms with E-state index in [0.29, 0.717) is 16.9 Å². The number of nitrogens with one attached hydrogen (secondary N) is 2. The summed E-state index contributed by atoms with van der Waals surface area (Å²) in [5.74, 6) is -1.45. The highest BCUT2D eigenvalue weighted by molar-refractivity contribution is 7.92. The van der Waals surface area contributed by atoms with Crippen LogP contribution >= 0.6 is 0 Å². The molecule has 0 unspecified atom stereocenters. The Morgan fingerprint density at radius 3 is 1.83 bits per heavy atom. The third-order valence-corrected chi connectivity index (χ3v) is 5.52. The first kappa shape index (κ1) is 20.1. The van der Waals surface area contributed by atoms with Crippen molar-refractivity contribution < 1.29 is 23.1 Å². The van der Waals surface area contributed by atoms with Crippen molar-refractivity contribution in [2.45, 2.75) is 11.8 Å². The van der Waals surface area contributed by atoms with E-state index in [0.717, 1.165) is 5.56 Å². The fraction of sp³-hybridized carbons (Fsp3) is 0.0476. The highest BCUT2D eigenvalue weighted by Gasteiger charge is 2.14. The second kappa shape index (κ2) is 8.15. The van der Waals surface area contributed by atoms with Gasteiger partial charge in [-0.25, -0.2) is 13.2 Å². The molecule has 7 nitrogen and oxygen atoms in total. The van der Waals surface area contributed by atoms with E-state index < -0.39 is 21.9 Å². The van der Waals surface area contributed by atoms with Gasteiger partial charge in [-0.15, -0.1) is 0 Å². The predicted molar refractivity (Wildman–Crippen MR) is 110 cm³/mol. The molecule has 0 spiro atoms. The molecule has 0 aliphatic heterocycles. The Balaban J connectivity index is 1.68. The van der Waals surface area contributed by atoms with Crippen molar-refractivity contribution in [3.8, 4) is 0 Å². The molecular formula is C21H18N2O5S. The summed E-state index contributed by atoms with van der Waals surface area (Å²) in [5, 5.41) is 11.5. The number of sulfonamides is 1. The third-order valence-electron chi connectivity index (χ3n) is 4.12. The van der Waals surface area contributed by atoms with Crippen LogP contribution in [0.2, 0.25) is 0 Å². The number of anilines is 2. The minimum absolute atomic E-state index is 0.119. The Morgan fingerprint density at radius 2 is 1.28 bits per heavy atom. The summed E-state index contributed by atoms with van der Waals surface area (Å²) in [5.41, 5.74) is 2.17. The molecule has 0 bridgehead atoms. The summed E-state index contributed by atoms with van der Waals surface area (Å²) in [6.07, 6.45) is 0. The smallest absolute Gasteiger partial charge is 0.335 e. The molecule has 29 heavy (non-hydrogen) atoms. The number of rotatable bonds is 6. The number of hydrogen-bond acceptors (Lipinski definition) is 4. The number of carbonyl (C=O) groups excluding carboxylic acids is 1. The fourth-order valence-electron chi connectivity index (χ4n) is 2.52. The van der Waals surface area contributed by atoms with Crippen molar-refractivity contribution in [3.63, 3.8) is 0 Å². The van der Waals surface area contributed by atoms with Gasteiger partial charge in [0.15, 0.2) is 0 Å². The van der Waals surface area contributed by atoms with Crippen LogP contribution in [0.4, 0.5) is 11.4 Å². The van der Waals surface area contributed by atoms with Crippen molar-refractivity contribution >= 4 is 33.3 Å². The van der Waals surface area contributed by atoms with Crippen LogP contribution in [0.25, 0.3) is 0 Å². The second-order valence-corrected chi connectivity index (χ2v) is 8.01. The summed E-state index contributed by atoms with van der Waals surface area (Å²) in [6.45, 7) is 1.87. The molecule has 0 heterocycles. The van der Waals surface area contributed by atoms with Crippen LogP contribution in [0, 0.1) is 6.92 Å². The Labute approximate surface area is 168 Å². The van der Waals surface area contributed by atoms with Crippen LogP contribution in [0.3, 0.4) is 0 Å². The fourth-order valence-corrected chi connectivity index (χ4v) is 3.58. The molecule has 148 valence electrons. The van der Waals surface area contributed by atoms with E-state index in [4.69, 9.17) is 5.11 Å². The Bertz CT molecular complexity index is 1140. The molecule has 0 radical (unpaired) electrons. The highest BCUT2D eigenvalue weighted by atomic mass is 32.2. The van der Waals surface area contributed by atoms with Crippen molar-refractivity contribution in [3.05, 3.63) is 89.5 Å². The molecule has 0 aliphatic carbocycles. The lowest BCUT2D eigenvalue weighted by atomic mass is 10.1. The summed E-state index contributed by atoms with van der Waals surface area (Å²) in [6, 6.07) is 18.2. The predicted octanol–water partition coefficient (Wildman–Crippen LogP) is 3.75. The number of hydrogen-bond donors (Lipinski definition) is 3. The molecule has 8 heteroatoms. The van der Waals surface area contributed by atoms with Crippen molar-refractivity contribution in [2.75, 3.05) is 10.0 Å². The third kappa shape index (κ3) is 4.99. The molecule has 0 saturated carbocycles. The normalized spacial score (nSPS) is 10.9. The lowest BCUT2D eigenvalue weighted by Gasteiger charge is -2.10. The first-order valence-corrected chi connectivity index (χ1v) is 10.1. The Morgan fingerprint density at radius 1 is 0.759 bits per heavy atom. The van der Waals surface area contributed by atoms with Gasteiger partial charge in [0.2, 0.25) is 0 Å². The van der Waals surface area contributed by atoms with E-state index in [2.05, 4.69) is 10.0 Å². The van der Waals surface area contributed by atoms with Gasteiger partial charge in [0.1, 0.15) is 0 Å². The average Bonchev–Trinajstić information content (AvgIpc) is 2.69. The van der Waals surface area contributed by atoms with Crippen LogP contribution in [0.5, 0.6) is 0 Å². The standard InChI is InChI=1S/C21H18N2O5S/c1-14-2-12-19(13-3-14)29(27,28)23-18-10-4-15(5-11-18)20(24)22-17-8-6-16(7-9-17)21(25)26/h2-13,23H,1H3,(H,22,24)(H,25,26). The van der Waals surface area contributed by atoms with Gasteiger partial charge in [0.25, 0.3) is 15.9 Å². The summed E-state index contributed by atoms with van der Waals surface area (Å²) in [4.78, 5) is 23.3. The minimum Gasteiger partial charge on any atom is -0.478 e. The summed E-state index contributed by atoms with van der Waals surface area (Å²) >= 11 is 0. The summed E-state index contributed by atoms with van der Waals surface area (Å²) < 4.78 is 27.3. The monoisotopic (exact) mass is 410 g/mol. The van der Waals surface area contributed by atoms with Crippen molar-refractivity contribution in [1.82, 2.24) is 0 Å². The maximum atomic E-state index is 12.4. The Kier molecular flexibility index (Phi) is 5.65. The zero-order valence-corrected chi connectivity index (χ0v) is 16.2. The largest absolute Gasteiger partial charge is 0.478 e. The number of benzene rings is 3. The first-order chi connectivity index (χ1) is 13.7. The lowest BCUT2D eigenvalue weighted by Crippen LogP contribution is -2.14. The van der Waals surface area contributed by atoms with E-state index in [1.54, 1.807) is 12.1 Å². The zero-order chi connectivity index (χ0) is 21.0. The molecule has 0 saturated heterocycles. The van der Waals surface area contributed by atoms with Crippen LogP contribution in [-0.2, 0) is 10.0 Å². The van der Waals surface area contributed by atoms with Crippen LogP contribution < -0.4 is 10.0 Å². The van der Waals surface area contributed by atoms with Gasteiger partial charge in [-0.3, -0.25) is 9.52 Å². The molecule has 0 fully saturated rings. The number of carboxylic acids is 1. The minimum atomic E-state index is -3.72. The van der Waals surface area contributed by atoms with E-state index in [1.165, 1.54) is 60.7 Å². The SMILES string of the molecule is Cc1ccc(S(=O)(=O)Nc2ccc(C(=O)Nc3ccc(C(=O)O)cc3)cc2)cc1. The first-order valence-electron chi connectivity index (χ1n) is 8.59. The highest BCUT2D eigenvalue weighted by Crippen LogP contribution is 2.18. The van der Waals surface area contributed by atoms with Gasteiger partial charge in [0, 0.05) is 16.9 Å². The summed E-state index contributed by atoms with van der Waals surface area (Å²) in [7, 11) is -3.72. The zero-order valence-electron chi connectivity index (χ0n) is 15.4. The van der Waals surface area contributed by atoms with Gasteiger partial charge in [-0.05, 0) is 67.6 Å². The maximum absolute atomic E-state index is 12.4. The molecule has 3 aromatic carbocycles. The molecule has 3 aromatic rings. The number of amides is 1. The second-order valence-electron chi connectivity index (χ2n) is 6.33. The van der Waals surface area contributed by atoms with Crippen LogP contribution in [0.1, 0.15) is 26.3 Å². The van der Waals surface area contributed by atoms with Gasteiger partial charge < -0.3 is 10.4 Å². The van der Waals surface area contributed by atoms with Gasteiger partial charge in [-0.1, -0.05) is 17.7 Å². The van der Waals surface area contributed by atoms with E-state index in [1.807, 2.05) is 6.92 Å². The number of carboxylic acid groups (broad SMARTS) is 1. The molecule has 3 N–H and O–H groups in total. The maximum Gasteiger partial charge on any atom is 0.335 e. The van der Waals surface area contributed by atoms with E-state index in [-0.39, 0.29) is 10.5 Å². The average molecular weight is 410 g/mol. The molecular weight excluding hydrogens is 392 g/mol. The molecule has 0 aromatic heterocycles. The van der Waals surface area contributed by atoms with Gasteiger partial charge >= 0.3 is 5.97 Å². The number of carbonyl (C=O) groups is 2.